The fourth-order valence-electron chi connectivity index (χ4n) is 6.30. The zero-order chi connectivity index (χ0) is 24.4. The van der Waals surface area contributed by atoms with Gasteiger partial charge in [0.1, 0.15) is 6.33 Å². The molecule has 1 aliphatic carbocycles. The number of amides is 2. The van der Waals surface area contributed by atoms with E-state index in [2.05, 4.69) is 44.5 Å². The number of carbonyl (C=O) groups is 2. The van der Waals surface area contributed by atoms with Crippen molar-refractivity contribution in [3.8, 4) is 0 Å². The summed E-state index contributed by atoms with van der Waals surface area (Å²) in [4.78, 5) is 39.0. The molecular formula is C28H37N5O2. The molecule has 2 aliphatic heterocycles. The second-order valence-electron chi connectivity index (χ2n) is 10.7. The molecule has 3 aliphatic rings. The number of likely N-dealkylation sites (tertiary alicyclic amines) is 2. The second-order valence-corrected chi connectivity index (χ2v) is 10.7. The quantitative estimate of drug-likeness (QED) is 0.663. The Hall–Kier alpha value is -2.80. The molecule has 2 amide bonds. The molecule has 0 unspecified atom stereocenters. The molecule has 1 N–H and O–H groups in total. The lowest BCUT2D eigenvalue weighted by Crippen LogP contribution is -2.37. The first-order valence-corrected chi connectivity index (χ1v) is 13.1. The number of nitrogens with zero attached hydrogens (tertiary/aromatic N) is 4. The van der Waals surface area contributed by atoms with E-state index in [0.717, 1.165) is 63.4 Å². The van der Waals surface area contributed by atoms with Crippen LogP contribution in [0.15, 0.2) is 36.7 Å². The summed E-state index contributed by atoms with van der Waals surface area (Å²) < 4.78 is 0. The highest BCUT2D eigenvalue weighted by Crippen LogP contribution is 2.33. The van der Waals surface area contributed by atoms with Gasteiger partial charge in [0.05, 0.1) is 23.0 Å². The first kappa shape index (κ1) is 23.9. The van der Waals surface area contributed by atoms with E-state index >= 15 is 0 Å². The highest BCUT2D eigenvalue weighted by molar-refractivity contribution is 5.96. The van der Waals surface area contributed by atoms with E-state index in [1.807, 2.05) is 24.8 Å². The molecule has 3 atom stereocenters. The number of fused-ring (bicyclic) bond motifs is 1. The van der Waals surface area contributed by atoms with Crippen molar-refractivity contribution in [1.29, 1.82) is 0 Å². The average Bonchev–Trinajstić information content (AvgIpc) is 3.59. The highest BCUT2D eigenvalue weighted by Gasteiger charge is 2.42. The molecule has 1 aromatic carbocycles. The summed E-state index contributed by atoms with van der Waals surface area (Å²) in [5.74, 6) is 1.48. The van der Waals surface area contributed by atoms with Gasteiger partial charge in [-0.3, -0.25) is 9.59 Å². The van der Waals surface area contributed by atoms with E-state index in [-0.39, 0.29) is 23.8 Å². The summed E-state index contributed by atoms with van der Waals surface area (Å²) in [7, 11) is 0. The van der Waals surface area contributed by atoms with Crippen molar-refractivity contribution in [3.05, 3.63) is 59.2 Å². The third-order valence-corrected chi connectivity index (χ3v) is 8.27. The van der Waals surface area contributed by atoms with Crippen LogP contribution in [0.25, 0.3) is 0 Å². The third kappa shape index (κ3) is 5.25. The number of nitrogens with one attached hydrogen (secondary N) is 1. The molecule has 2 aromatic rings. The van der Waals surface area contributed by atoms with Crippen LogP contribution in [0, 0.1) is 31.6 Å². The van der Waals surface area contributed by atoms with Crippen molar-refractivity contribution in [2.45, 2.75) is 52.0 Å². The molecule has 35 heavy (non-hydrogen) atoms. The van der Waals surface area contributed by atoms with Crippen molar-refractivity contribution in [3.63, 3.8) is 0 Å². The SMILES string of the molecule is Cc1ncnc(C)c1C(=O)N1C[C@H]2CN(CC[C@H](NC(=O)C3CCCC3)c3ccccc3)C[C@H]2C1. The van der Waals surface area contributed by atoms with Gasteiger partial charge in [-0.1, -0.05) is 43.2 Å². The van der Waals surface area contributed by atoms with Crippen LogP contribution < -0.4 is 5.32 Å². The molecule has 0 bridgehead atoms. The van der Waals surface area contributed by atoms with Crippen LogP contribution in [0.2, 0.25) is 0 Å². The van der Waals surface area contributed by atoms with E-state index in [1.54, 1.807) is 0 Å². The average molecular weight is 476 g/mol. The van der Waals surface area contributed by atoms with Crippen molar-refractivity contribution >= 4 is 11.8 Å². The molecule has 186 valence electrons. The minimum Gasteiger partial charge on any atom is -0.349 e. The molecular weight excluding hydrogens is 438 g/mol. The summed E-state index contributed by atoms with van der Waals surface area (Å²) in [5.41, 5.74) is 3.36. The molecule has 7 nitrogen and oxygen atoms in total. The topological polar surface area (TPSA) is 78.4 Å². The smallest absolute Gasteiger partial charge is 0.257 e. The van der Waals surface area contributed by atoms with Gasteiger partial charge >= 0.3 is 0 Å². The molecule has 1 aromatic heterocycles. The summed E-state index contributed by atoms with van der Waals surface area (Å²) in [5, 5.41) is 3.37. The first-order chi connectivity index (χ1) is 17.0. The Morgan fingerprint density at radius 1 is 0.971 bits per heavy atom. The summed E-state index contributed by atoms with van der Waals surface area (Å²) >= 11 is 0. The number of hydrogen-bond acceptors (Lipinski definition) is 5. The molecule has 2 saturated heterocycles. The van der Waals surface area contributed by atoms with Crippen molar-refractivity contribution in [2.75, 3.05) is 32.7 Å². The summed E-state index contributed by atoms with van der Waals surface area (Å²) in [6.07, 6.45) is 6.81. The molecule has 0 radical (unpaired) electrons. The second kappa shape index (κ2) is 10.4. The first-order valence-electron chi connectivity index (χ1n) is 13.1. The van der Waals surface area contributed by atoms with E-state index in [9.17, 15) is 9.59 Å². The molecule has 3 heterocycles. The van der Waals surface area contributed by atoms with Gasteiger partial charge in [0, 0.05) is 38.6 Å². The molecule has 0 spiro atoms. The van der Waals surface area contributed by atoms with Crippen molar-refractivity contribution in [1.82, 2.24) is 25.1 Å². The van der Waals surface area contributed by atoms with Gasteiger partial charge in [-0.2, -0.15) is 0 Å². The van der Waals surface area contributed by atoms with Gasteiger partial charge in [-0.25, -0.2) is 9.97 Å². The van der Waals surface area contributed by atoms with Gasteiger partial charge in [-0.15, -0.1) is 0 Å². The Kier molecular flexibility index (Phi) is 7.14. The van der Waals surface area contributed by atoms with Crippen LogP contribution in [-0.4, -0.2) is 64.3 Å². The van der Waals surface area contributed by atoms with Gasteiger partial charge in [0.25, 0.3) is 5.91 Å². The van der Waals surface area contributed by atoms with Crippen LogP contribution in [-0.2, 0) is 4.79 Å². The largest absolute Gasteiger partial charge is 0.349 e. The number of hydrogen-bond donors (Lipinski definition) is 1. The van der Waals surface area contributed by atoms with Crippen LogP contribution in [0.5, 0.6) is 0 Å². The standard InChI is InChI=1S/C28H37N5O2/c1-19-26(20(2)30-18-29-19)28(35)33-16-23-14-32(15-24(23)17-33)13-12-25(21-8-4-3-5-9-21)31-27(34)22-10-6-7-11-22/h3-5,8-9,18,22-25H,6-7,10-17H2,1-2H3,(H,31,34)/t23-,24+,25-/m0/s1. The summed E-state index contributed by atoms with van der Waals surface area (Å²) in [6, 6.07) is 10.4. The van der Waals surface area contributed by atoms with E-state index in [1.165, 1.54) is 24.7 Å². The molecule has 3 fully saturated rings. The van der Waals surface area contributed by atoms with Crippen LogP contribution in [0.3, 0.4) is 0 Å². The minimum absolute atomic E-state index is 0.0480. The number of aryl methyl sites for hydroxylation is 2. The fraction of sp³-hybridized carbons (Fsp3) is 0.571. The van der Waals surface area contributed by atoms with Crippen molar-refractivity contribution in [2.24, 2.45) is 17.8 Å². The Morgan fingerprint density at radius 3 is 2.23 bits per heavy atom. The fourth-order valence-corrected chi connectivity index (χ4v) is 6.30. The molecule has 7 heteroatoms. The molecule has 5 rings (SSSR count). The predicted molar refractivity (Wildman–Crippen MR) is 135 cm³/mol. The van der Waals surface area contributed by atoms with Gasteiger partial charge in [0.15, 0.2) is 0 Å². The minimum atomic E-state index is 0.0480. The van der Waals surface area contributed by atoms with Gasteiger partial charge in [-0.05, 0) is 50.5 Å². The Balaban J connectivity index is 1.17. The maximum absolute atomic E-state index is 13.2. The normalized spacial score (nSPS) is 23.4. The Bertz CT molecular complexity index is 1020. The van der Waals surface area contributed by atoms with Gasteiger partial charge < -0.3 is 15.1 Å². The zero-order valence-corrected chi connectivity index (χ0v) is 20.9. The maximum Gasteiger partial charge on any atom is 0.257 e. The Morgan fingerprint density at radius 2 is 1.60 bits per heavy atom. The van der Waals surface area contributed by atoms with E-state index in [0.29, 0.717) is 17.4 Å². The maximum atomic E-state index is 13.2. The van der Waals surface area contributed by atoms with Crippen LogP contribution >= 0.6 is 0 Å². The lowest BCUT2D eigenvalue weighted by molar-refractivity contribution is -0.125. The number of rotatable bonds is 7. The Labute approximate surface area is 208 Å². The monoisotopic (exact) mass is 475 g/mol. The summed E-state index contributed by atoms with van der Waals surface area (Å²) in [6.45, 7) is 8.34. The number of benzene rings is 1. The van der Waals surface area contributed by atoms with E-state index in [4.69, 9.17) is 0 Å². The lowest BCUT2D eigenvalue weighted by Gasteiger charge is -2.26. The molecule has 1 saturated carbocycles. The zero-order valence-electron chi connectivity index (χ0n) is 20.9. The predicted octanol–water partition coefficient (Wildman–Crippen LogP) is 3.54. The van der Waals surface area contributed by atoms with E-state index < -0.39 is 0 Å². The highest BCUT2D eigenvalue weighted by atomic mass is 16.2. The van der Waals surface area contributed by atoms with Gasteiger partial charge in [0.2, 0.25) is 5.91 Å². The van der Waals surface area contributed by atoms with Crippen molar-refractivity contribution < 1.29 is 9.59 Å². The van der Waals surface area contributed by atoms with Crippen LogP contribution in [0.1, 0.15) is 65.5 Å². The number of carbonyl (C=O) groups excluding carboxylic acids is 2. The lowest BCUT2D eigenvalue weighted by atomic mass is 10.0. The third-order valence-electron chi connectivity index (χ3n) is 8.27. The number of aromatic nitrogens is 2. The van der Waals surface area contributed by atoms with Crippen LogP contribution in [0.4, 0.5) is 0 Å².